The Labute approximate surface area is 157 Å². The van der Waals surface area contributed by atoms with E-state index in [9.17, 15) is 9.59 Å². The molecule has 1 saturated heterocycles. The molecule has 1 aromatic heterocycles. The number of nitrogens with zero attached hydrogens (tertiary/aromatic N) is 2. The summed E-state index contributed by atoms with van der Waals surface area (Å²) in [4.78, 5) is 26.8. The summed E-state index contributed by atoms with van der Waals surface area (Å²) in [5, 5.41) is 7.03. The molecule has 2 fully saturated rings. The number of carbonyl (C=O) groups excluding carboxylic acids is 2. The Hall–Kier alpha value is -2.83. The van der Waals surface area contributed by atoms with E-state index in [1.807, 2.05) is 31.2 Å². The largest absolute Gasteiger partial charge is 0.496 e. The molecule has 0 radical (unpaired) electrons. The average Bonchev–Trinajstić information content (AvgIpc) is 3.24. The highest BCUT2D eigenvalue weighted by Gasteiger charge is 2.54. The number of urea groups is 1. The van der Waals surface area contributed by atoms with E-state index in [1.54, 1.807) is 13.2 Å². The predicted molar refractivity (Wildman–Crippen MR) is 97.9 cm³/mol. The molecule has 7 nitrogen and oxygen atoms in total. The van der Waals surface area contributed by atoms with E-state index in [2.05, 4.69) is 10.5 Å². The summed E-state index contributed by atoms with van der Waals surface area (Å²) in [5.74, 6) is 1.11. The number of hydrogen-bond acceptors (Lipinski definition) is 5. The highest BCUT2D eigenvalue weighted by Crippen LogP contribution is 2.38. The topological polar surface area (TPSA) is 84.7 Å². The van der Waals surface area contributed by atoms with E-state index in [4.69, 9.17) is 9.26 Å². The standard InChI is InChI=1S/C20H23N3O4/c1-13-7-5-6-10-20(13)18(24)23(19(25)21-20)12-14-11-16(22-27-14)15-8-3-4-9-17(15)26-2/h3-4,8-9,11,13H,5-7,10,12H2,1-2H3,(H,21,25)/t13-,20+/m0/s1. The second kappa shape index (κ2) is 6.72. The molecule has 1 N–H and O–H groups in total. The summed E-state index contributed by atoms with van der Waals surface area (Å²) in [5.41, 5.74) is 0.640. The Kier molecular flexibility index (Phi) is 4.37. The van der Waals surface area contributed by atoms with Crippen LogP contribution in [0.5, 0.6) is 5.75 Å². The number of imide groups is 1. The third kappa shape index (κ3) is 2.87. The Balaban J connectivity index is 1.56. The van der Waals surface area contributed by atoms with Crippen LogP contribution in [0.25, 0.3) is 11.3 Å². The SMILES string of the molecule is COc1ccccc1-c1cc(CN2C(=O)N[C@@]3(CCCC[C@@H]3C)C2=O)on1. The molecular formula is C20H23N3O4. The number of aromatic nitrogens is 1. The number of rotatable bonds is 4. The zero-order valence-corrected chi connectivity index (χ0v) is 15.5. The van der Waals surface area contributed by atoms with Gasteiger partial charge in [0.2, 0.25) is 0 Å². The van der Waals surface area contributed by atoms with Crippen LogP contribution in [0.15, 0.2) is 34.9 Å². The lowest BCUT2D eigenvalue weighted by Crippen LogP contribution is -2.53. The summed E-state index contributed by atoms with van der Waals surface area (Å²) in [6.07, 6.45) is 3.68. The summed E-state index contributed by atoms with van der Waals surface area (Å²) in [7, 11) is 1.60. The van der Waals surface area contributed by atoms with Gasteiger partial charge in [-0.3, -0.25) is 9.69 Å². The highest BCUT2D eigenvalue weighted by atomic mass is 16.5. The molecule has 142 valence electrons. The summed E-state index contributed by atoms with van der Waals surface area (Å²) in [6.45, 7) is 2.11. The first-order chi connectivity index (χ1) is 13.0. The molecule has 2 aromatic rings. The fourth-order valence-corrected chi connectivity index (χ4v) is 4.17. The lowest BCUT2D eigenvalue weighted by atomic mass is 9.73. The predicted octanol–water partition coefficient (Wildman–Crippen LogP) is 3.35. The van der Waals surface area contributed by atoms with Crippen LogP contribution >= 0.6 is 0 Å². The maximum absolute atomic E-state index is 13.0. The van der Waals surface area contributed by atoms with Crippen LogP contribution in [0.4, 0.5) is 4.79 Å². The van der Waals surface area contributed by atoms with Crippen molar-refractivity contribution >= 4 is 11.9 Å². The maximum atomic E-state index is 13.0. The van der Waals surface area contributed by atoms with Crippen LogP contribution in [0.1, 0.15) is 38.4 Å². The number of amides is 3. The molecule has 1 spiro atoms. The molecule has 1 saturated carbocycles. The first kappa shape index (κ1) is 17.6. The van der Waals surface area contributed by atoms with Gasteiger partial charge in [0.1, 0.15) is 17.0 Å². The quantitative estimate of drug-likeness (QED) is 0.836. The first-order valence-corrected chi connectivity index (χ1v) is 9.28. The Morgan fingerprint density at radius 3 is 2.93 bits per heavy atom. The van der Waals surface area contributed by atoms with Gasteiger partial charge in [0.15, 0.2) is 5.76 Å². The molecule has 1 aromatic carbocycles. The van der Waals surface area contributed by atoms with Gasteiger partial charge in [0.05, 0.1) is 13.7 Å². The van der Waals surface area contributed by atoms with Crippen molar-refractivity contribution in [2.75, 3.05) is 7.11 Å². The zero-order chi connectivity index (χ0) is 19.0. The van der Waals surface area contributed by atoms with Crippen molar-refractivity contribution in [3.63, 3.8) is 0 Å². The molecule has 2 aliphatic rings. The van der Waals surface area contributed by atoms with Gasteiger partial charge < -0.3 is 14.6 Å². The third-order valence-electron chi connectivity index (χ3n) is 5.76. The monoisotopic (exact) mass is 369 g/mol. The van der Waals surface area contributed by atoms with Crippen molar-refractivity contribution in [2.24, 2.45) is 5.92 Å². The van der Waals surface area contributed by atoms with Gasteiger partial charge in [-0.1, -0.05) is 37.1 Å². The molecular weight excluding hydrogens is 346 g/mol. The fraction of sp³-hybridized carbons (Fsp3) is 0.450. The van der Waals surface area contributed by atoms with E-state index < -0.39 is 5.54 Å². The Bertz CT molecular complexity index is 878. The van der Waals surface area contributed by atoms with E-state index in [0.717, 1.165) is 24.8 Å². The van der Waals surface area contributed by atoms with Crippen LogP contribution in [-0.4, -0.2) is 34.6 Å². The molecule has 2 atom stereocenters. The van der Waals surface area contributed by atoms with Gasteiger partial charge in [-0.25, -0.2) is 4.79 Å². The number of ether oxygens (including phenoxy) is 1. The lowest BCUT2D eigenvalue weighted by molar-refractivity contribution is -0.134. The number of nitrogens with one attached hydrogen (secondary N) is 1. The number of carbonyl (C=O) groups is 2. The summed E-state index contributed by atoms with van der Waals surface area (Å²) < 4.78 is 10.8. The van der Waals surface area contributed by atoms with Crippen molar-refractivity contribution in [2.45, 2.75) is 44.7 Å². The smallest absolute Gasteiger partial charge is 0.325 e. The van der Waals surface area contributed by atoms with Gasteiger partial charge in [0, 0.05) is 11.6 Å². The molecule has 7 heteroatoms. The zero-order valence-electron chi connectivity index (χ0n) is 15.5. The molecule has 27 heavy (non-hydrogen) atoms. The first-order valence-electron chi connectivity index (χ1n) is 9.28. The number of hydrogen-bond donors (Lipinski definition) is 1. The van der Waals surface area contributed by atoms with Gasteiger partial charge in [0.25, 0.3) is 5.91 Å². The van der Waals surface area contributed by atoms with E-state index in [1.165, 1.54) is 4.90 Å². The van der Waals surface area contributed by atoms with Crippen molar-refractivity contribution in [3.05, 3.63) is 36.1 Å². The van der Waals surface area contributed by atoms with Crippen molar-refractivity contribution < 1.29 is 18.8 Å². The van der Waals surface area contributed by atoms with Crippen LogP contribution in [-0.2, 0) is 11.3 Å². The molecule has 2 heterocycles. The van der Waals surface area contributed by atoms with Crippen LogP contribution in [0, 0.1) is 5.92 Å². The molecule has 4 rings (SSSR count). The van der Waals surface area contributed by atoms with Crippen LogP contribution < -0.4 is 10.1 Å². The van der Waals surface area contributed by atoms with Gasteiger partial charge >= 0.3 is 6.03 Å². The minimum atomic E-state index is -0.763. The fourth-order valence-electron chi connectivity index (χ4n) is 4.17. The molecule has 0 unspecified atom stereocenters. The Morgan fingerprint density at radius 2 is 2.15 bits per heavy atom. The van der Waals surface area contributed by atoms with Gasteiger partial charge in [-0.2, -0.15) is 0 Å². The summed E-state index contributed by atoms with van der Waals surface area (Å²) >= 11 is 0. The second-order valence-electron chi connectivity index (χ2n) is 7.32. The molecule has 1 aliphatic heterocycles. The van der Waals surface area contributed by atoms with E-state index >= 15 is 0 Å². The molecule has 1 aliphatic carbocycles. The molecule has 3 amide bonds. The maximum Gasteiger partial charge on any atom is 0.325 e. The second-order valence-corrected chi connectivity index (χ2v) is 7.32. The number of methoxy groups -OCH3 is 1. The summed E-state index contributed by atoms with van der Waals surface area (Å²) in [6, 6.07) is 8.87. The highest BCUT2D eigenvalue weighted by molar-refractivity contribution is 6.07. The van der Waals surface area contributed by atoms with Crippen molar-refractivity contribution in [1.29, 1.82) is 0 Å². The average molecular weight is 369 g/mol. The molecule has 0 bridgehead atoms. The van der Waals surface area contributed by atoms with Gasteiger partial charge in [-0.15, -0.1) is 0 Å². The number of para-hydroxylation sites is 1. The van der Waals surface area contributed by atoms with Crippen molar-refractivity contribution in [3.8, 4) is 17.0 Å². The number of benzene rings is 1. The van der Waals surface area contributed by atoms with Crippen LogP contribution in [0.2, 0.25) is 0 Å². The van der Waals surface area contributed by atoms with Crippen molar-refractivity contribution in [1.82, 2.24) is 15.4 Å². The third-order valence-corrected chi connectivity index (χ3v) is 5.76. The minimum absolute atomic E-state index is 0.0707. The normalized spacial score (nSPS) is 25.1. The van der Waals surface area contributed by atoms with E-state index in [0.29, 0.717) is 23.6 Å². The van der Waals surface area contributed by atoms with Crippen LogP contribution in [0.3, 0.4) is 0 Å². The minimum Gasteiger partial charge on any atom is -0.496 e. The van der Waals surface area contributed by atoms with Gasteiger partial charge in [-0.05, 0) is 30.9 Å². The Morgan fingerprint density at radius 1 is 1.33 bits per heavy atom. The van der Waals surface area contributed by atoms with E-state index in [-0.39, 0.29) is 24.4 Å². The lowest BCUT2D eigenvalue weighted by Gasteiger charge is -2.36.